The number of halogens is 2. The fourth-order valence-electron chi connectivity index (χ4n) is 2.05. The van der Waals surface area contributed by atoms with Crippen molar-refractivity contribution in [3.63, 3.8) is 0 Å². The van der Waals surface area contributed by atoms with Crippen LogP contribution in [0.15, 0.2) is 24.3 Å². The molecule has 2 nitrogen and oxygen atoms in total. The maximum atomic E-state index is 13.7. The van der Waals surface area contributed by atoms with Gasteiger partial charge in [-0.05, 0) is 30.7 Å². The highest BCUT2D eigenvalue weighted by atomic mass is 19.3. The minimum absolute atomic E-state index is 0.0537. The first-order valence-corrected chi connectivity index (χ1v) is 5.38. The molecule has 2 rings (SSSR count). The molecule has 0 saturated carbocycles. The number of rotatable bonds is 2. The highest BCUT2D eigenvalue weighted by Crippen LogP contribution is 2.38. The lowest BCUT2D eigenvalue weighted by atomic mass is 9.93. The number of hydrogen-bond donors (Lipinski definition) is 1. The average molecular weight is 227 g/mol. The zero-order chi connectivity index (χ0) is 11.6. The first-order chi connectivity index (χ1) is 7.63. The molecule has 0 spiro atoms. The fraction of sp³-hybridized carbons (Fsp3) is 0.500. The molecule has 0 radical (unpaired) electrons. The van der Waals surface area contributed by atoms with Crippen LogP contribution in [0.4, 0.5) is 8.78 Å². The van der Waals surface area contributed by atoms with Gasteiger partial charge < -0.3 is 10.1 Å². The van der Waals surface area contributed by atoms with Crippen molar-refractivity contribution < 1.29 is 13.5 Å². The topological polar surface area (TPSA) is 21.3 Å². The quantitative estimate of drug-likeness (QED) is 0.838. The summed E-state index contributed by atoms with van der Waals surface area (Å²) in [5.41, 5.74) is 0.587. The van der Waals surface area contributed by atoms with Gasteiger partial charge in [0.1, 0.15) is 5.75 Å². The van der Waals surface area contributed by atoms with Gasteiger partial charge in [0.2, 0.25) is 0 Å². The molecule has 1 fully saturated rings. The van der Waals surface area contributed by atoms with Crippen molar-refractivity contribution >= 4 is 0 Å². The molecule has 1 N–H and O–H groups in total. The second kappa shape index (κ2) is 4.37. The molecule has 1 aromatic rings. The lowest BCUT2D eigenvalue weighted by Gasteiger charge is -2.32. The van der Waals surface area contributed by atoms with Crippen molar-refractivity contribution in [2.45, 2.75) is 24.8 Å². The maximum Gasteiger partial charge on any atom is 0.267 e. The predicted molar refractivity (Wildman–Crippen MR) is 57.9 cm³/mol. The van der Waals surface area contributed by atoms with Gasteiger partial charge in [0.15, 0.2) is 0 Å². The molecule has 16 heavy (non-hydrogen) atoms. The van der Waals surface area contributed by atoms with Gasteiger partial charge in [-0.1, -0.05) is 12.1 Å². The number of methoxy groups -OCH3 is 1. The van der Waals surface area contributed by atoms with Crippen LogP contribution in [-0.4, -0.2) is 19.6 Å². The van der Waals surface area contributed by atoms with Crippen molar-refractivity contribution in [1.82, 2.24) is 5.32 Å². The van der Waals surface area contributed by atoms with Crippen LogP contribution in [0.5, 0.6) is 5.75 Å². The first kappa shape index (κ1) is 11.3. The van der Waals surface area contributed by atoms with E-state index in [-0.39, 0.29) is 6.42 Å². The minimum Gasteiger partial charge on any atom is -0.497 e. The standard InChI is InChI=1S/C12H15F2NO/c1-16-10-5-2-4-9(8-10)11-12(13,14)6-3-7-15-11/h2,4-5,8,11,15H,3,6-7H2,1H3. The lowest BCUT2D eigenvalue weighted by Crippen LogP contribution is -2.42. The van der Waals surface area contributed by atoms with Crippen LogP contribution in [0.1, 0.15) is 24.4 Å². The van der Waals surface area contributed by atoms with Gasteiger partial charge in [-0.15, -0.1) is 0 Å². The molecular formula is C12H15F2NO. The van der Waals surface area contributed by atoms with E-state index in [1.807, 2.05) is 0 Å². The Balaban J connectivity index is 2.27. The van der Waals surface area contributed by atoms with E-state index < -0.39 is 12.0 Å². The number of ether oxygens (including phenoxy) is 1. The van der Waals surface area contributed by atoms with Crippen LogP contribution >= 0.6 is 0 Å². The Morgan fingerprint density at radius 2 is 2.25 bits per heavy atom. The van der Waals surface area contributed by atoms with Crippen LogP contribution in [0.3, 0.4) is 0 Å². The van der Waals surface area contributed by atoms with Crippen LogP contribution in [0, 0.1) is 0 Å². The van der Waals surface area contributed by atoms with Crippen LogP contribution < -0.4 is 10.1 Å². The Bertz CT molecular complexity index is 368. The van der Waals surface area contributed by atoms with E-state index in [2.05, 4.69) is 5.32 Å². The molecule has 1 heterocycles. The van der Waals surface area contributed by atoms with E-state index >= 15 is 0 Å². The monoisotopic (exact) mass is 227 g/mol. The van der Waals surface area contributed by atoms with Crippen molar-refractivity contribution in [3.8, 4) is 5.75 Å². The van der Waals surface area contributed by atoms with E-state index in [9.17, 15) is 8.78 Å². The molecule has 1 unspecified atom stereocenters. The summed E-state index contributed by atoms with van der Waals surface area (Å²) in [6.07, 6.45) is 0.468. The average Bonchev–Trinajstić information content (AvgIpc) is 2.28. The number of hydrogen-bond acceptors (Lipinski definition) is 2. The van der Waals surface area contributed by atoms with E-state index in [1.54, 1.807) is 24.3 Å². The molecule has 0 aliphatic carbocycles. The second-order valence-electron chi connectivity index (χ2n) is 4.03. The summed E-state index contributed by atoms with van der Waals surface area (Å²) in [7, 11) is 1.53. The van der Waals surface area contributed by atoms with Gasteiger partial charge >= 0.3 is 0 Å². The van der Waals surface area contributed by atoms with Gasteiger partial charge in [-0.3, -0.25) is 0 Å². The Hall–Kier alpha value is -1.16. The summed E-state index contributed by atoms with van der Waals surface area (Å²) < 4.78 is 32.4. The van der Waals surface area contributed by atoms with Gasteiger partial charge in [-0.25, -0.2) is 8.78 Å². The molecule has 0 amide bonds. The Labute approximate surface area is 93.6 Å². The van der Waals surface area contributed by atoms with Crippen molar-refractivity contribution in [3.05, 3.63) is 29.8 Å². The third-order valence-electron chi connectivity index (χ3n) is 2.88. The largest absolute Gasteiger partial charge is 0.497 e. The smallest absolute Gasteiger partial charge is 0.267 e. The van der Waals surface area contributed by atoms with Crippen LogP contribution in [0.25, 0.3) is 0 Å². The number of alkyl halides is 2. The summed E-state index contributed by atoms with van der Waals surface area (Å²) in [4.78, 5) is 0. The number of piperidine rings is 1. The minimum atomic E-state index is -2.68. The summed E-state index contributed by atoms with van der Waals surface area (Å²) in [6.45, 7) is 0.636. The van der Waals surface area contributed by atoms with E-state index in [1.165, 1.54) is 7.11 Å². The Morgan fingerprint density at radius 3 is 2.94 bits per heavy atom. The molecule has 1 atom stereocenters. The van der Waals surface area contributed by atoms with E-state index in [0.29, 0.717) is 24.3 Å². The number of nitrogens with one attached hydrogen (secondary N) is 1. The Kier molecular flexibility index (Phi) is 3.10. The third kappa shape index (κ3) is 2.16. The molecule has 1 aliphatic rings. The highest BCUT2D eigenvalue weighted by molar-refractivity contribution is 5.31. The summed E-state index contributed by atoms with van der Waals surface area (Å²) in [5.74, 6) is -2.06. The van der Waals surface area contributed by atoms with Crippen molar-refractivity contribution in [2.75, 3.05) is 13.7 Å². The van der Waals surface area contributed by atoms with Crippen molar-refractivity contribution in [2.24, 2.45) is 0 Å². The summed E-state index contributed by atoms with van der Waals surface area (Å²) >= 11 is 0. The fourth-order valence-corrected chi connectivity index (χ4v) is 2.05. The van der Waals surface area contributed by atoms with E-state index in [0.717, 1.165) is 0 Å². The van der Waals surface area contributed by atoms with E-state index in [4.69, 9.17) is 4.74 Å². The summed E-state index contributed by atoms with van der Waals surface area (Å²) in [5, 5.41) is 2.87. The number of benzene rings is 1. The highest BCUT2D eigenvalue weighted by Gasteiger charge is 2.42. The molecule has 1 aliphatic heterocycles. The first-order valence-electron chi connectivity index (χ1n) is 5.38. The van der Waals surface area contributed by atoms with Gasteiger partial charge in [0.25, 0.3) is 5.92 Å². The predicted octanol–water partition coefficient (Wildman–Crippen LogP) is 2.76. The molecular weight excluding hydrogens is 212 g/mol. The van der Waals surface area contributed by atoms with Crippen LogP contribution in [-0.2, 0) is 0 Å². The maximum absolute atomic E-state index is 13.7. The van der Waals surface area contributed by atoms with Crippen LogP contribution in [0.2, 0.25) is 0 Å². The zero-order valence-corrected chi connectivity index (χ0v) is 9.17. The molecule has 1 saturated heterocycles. The van der Waals surface area contributed by atoms with Gasteiger partial charge in [-0.2, -0.15) is 0 Å². The molecule has 88 valence electrons. The molecule has 0 bridgehead atoms. The normalized spacial score (nSPS) is 24.1. The molecule has 0 aromatic heterocycles. The van der Waals surface area contributed by atoms with Gasteiger partial charge in [0.05, 0.1) is 13.2 Å². The second-order valence-corrected chi connectivity index (χ2v) is 4.03. The molecule has 1 aromatic carbocycles. The SMILES string of the molecule is COc1cccc(C2NCCCC2(F)F)c1. The molecule has 4 heteroatoms. The Morgan fingerprint density at radius 1 is 1.44 bits per heavy atom. The third-order valence-corrected chi connectivity index (χ3v) is 2.88. The zero-order valence-electron chi connectivity index (χ0n) is 9.17. The lowest BCUT2D eigenvalue weighted by molar-refractivity contribution is -0.0620. The van der Waals surface area contributed by atoms with Gasteiger partial charge in [0, 0.05) is 6.42 Å². The van der Waals surface area contributed by atoms with Crippen molar-refractivity contribution in [1.29, 1.82) is 0 Å². The summed E-state index contributed by atoms with van der Waals surface area (Å²) in [6, 6.07) is 5.97.